The molecule has 0 radical (unpaired) electrons. The van der Waals surface area contributed by atoms with Crippen LogP contribution in [0.3, 0.4) is 0 Å². The van der Waals surface area contributed by atoms with Crippen molar-refractivity contribution in [3.05, 3.63) is 101 Å². The van der Waals surface area contributed by atoms with Gasteiger partial charge in [-0.1, -0.05) is 41.7 Å². The second-order valence-electron chi connectivity index (χ2n) is 17.5. The van der Waals surface area contributed by atoms with Crippen LogP contribution in [0.2, 0.25) is 0 Å². The zero-order valence-corrected chi connectivity index (χ0v) is 36.0. The zero-order chi connectivity index (χ0) is 41.9. The molecule has 0 saturated carbocycles. The highest BCUT2D eigenvalue weighted by molar-refractivity contribution is 7.22. The number of anilines is 2. The van der Waals surface area contributed by atoms with Crippen LogP contribution in [0.4, 0.5) is 15.7 Å². The van der Waals surface area contributed by atoms with Gasteiger partial charge in [-0.2, -0.15) is 0 Å². The van der Waals surface area contributed by atoms with E-state index in [9.17, 15) is 14.4 Å². The highest BCUT2D eigenvalue weighted by Crippen LogP contribution is 2.34. The lowest BCUT2D eigenvalue weighted by atomic mass is 9.92. The van der Waals surface area contributed by atoms with Crippen LogP contribution in [0.25, 0.3) is 21.3 Å². The van der Waals surface area contributed by atoms with E-state index < -0.39 is 17.2 Å². The third-order valence-electron chi connectivity index (χ3n) is 10.6. The van der Waals surface area contributed by atoms with Gasteiger partial charge in [-0.15, -0.1) is 0 Å². The van der Waals surface area contributed by atoms with Crippen molar-refractivity contribution in [2.45, 2.75) is 98.3 Å². The van der Waals surface area contributed by atoms with E-state index in [0.717, 1.165) is 83.4 Å². The molecule has 0 unspecified atom stereocenters. The molecule has 1 fully saturated rings. The third kappa shape index (κ3) is 10.4. The molecule has 1 N–H and O–H groups in total. The van der Waals surface area contributed by atoms with E-state index in [1.54, 1.807) is 0 Å². The molecule has 3 aromatic carbocycles. The molecule has 0 atom stereocenters. The van der Waals surface area contributed by atoms with Gasteiger partial charge in [0.1, 0.15) is 22.8 Å². The molecule has 59 heavy (non-hydrogen) atoms. The van der Waals surface area contributed by atoms with Crippen molar-refractivity contribution < 1.29 is 28.6 Å². The van der Waals surface area contributed by atoms with Gasteiger partial charge in [-0.05, 0) is 151 Å². The van der Waals surface area contributed by atoms with Gasteiger partial charge in [-0.25, -0.2) is 19.6 Å². The number of piperidine rings is 1. The molecule has 2 amide bonds. The fourth-order valence-electron chi connectivity index (χ4n) is 7.72. The minimum absolute atomic E-state index is 0.208. The number of benzene rings is 3. The number of carbonyl (C=O) groups excluding carboxylic acids is 3. The first-order chi connectivity index (χ1) is 28.1. The lowest BCUT2D eigenvalue weighted by Gasteiger charge is -2.33. The lowest BCUT2D eigenvalue weighted by Crippen LogP contribution is -2.41. The summed E-state index contributed by atoms with van der Waals surface area (Å²) in [6.45, 7) is 16.4. The summed E-state index contributed by atoms with van der Waals surface area (Å²) >= 11 is 1.45. The molecule has 0 spiro atoms. The minimum Gasteiger partial charge on any atom is -0.494 e. The fourth-order valence-corrected chi connectivity index (χ4v) is 8.59. The van der Waals surface area contributed by atoms with E-state index >= 15 is 0 Å². The number of para-hydroxylation sites is 1. The SMILES string of the molecule is Cc1cc(OCCCC2CCN(C(=O)OC(C)(C)C)CC2)ccc1-c1ccc(N2CCc3cccc(C(=O)Nc4nc5ccccc5s4)c3C2)nc1C(=O)OC(C)(C)C. The molecular weight excluding hydrogens is 763 g/mol. The van der Waals surface area contributed by atoms with E-state index in [1.807, 2.05) is 120 Å². The number of nitrogens with zero attached hydrogens (tertiary/aromatic N) is 4. The fraction of sp³-hybridized carbons (Fsp3) is 0.426. The summed E-state index contributed by atoms with van der Waals surface area (Å²) in [5.74, 6) is 1.25. The number of likely N-dealkylation sites (tertiary alicyclic amines) is 1. The monoisotopic (exact) mass is 817 g/mol. The molecule has 0 bridgehead atoms. The summed E-state index contributed by atoms with van der Waals surface area (Å²) in [6.07, 6.45) is 4.38. The molecule has 2 aromatic heterocycles. The molecule has 11 nitrogen and oxygen atoms in total. The van der Waals surface area contributed by atoms with Crippen molar-refractivity contribution in [3.63, 3.8) is 0 Å². The predicted octanol–water partition coefficient (Wildman–Crippen LogP) is 10.2. The standard InChI is InChI=1S/C47H55N5O6S/c1-30-28-33(56-27-11-12-31-21-24-51(25-22-31)45(55)58-47(5,6)7)17-18-34(30)35-19-20-40(49-41(35)43(54)57-46(2,3)4)52-26-23-32-13-10-14-36(37(32)29-52)42(53)50-44-48-38-15-8-9-16-39(38)59-44/h8-10,13-20,28,31H,11-12,21-27,29H2,1-7H3,(H,48,50,53). The maximum absolute atomic E-state index is 13.8. The Balaban J connectivity index is 1.03. The van der Waals surface area contributed by atoms with Crippen LogP contribution in [0, 0.1) is 12.8 Å². The van der Waals surface area contributed by atoms with Crippen molar-refractivity contribution in [1.82, 2.24) is 14.9 Å². The van der Waals surface area contributed by atoms with Gasteiger partial charge in [0.25, 0.3) is 5.91 Å². The van der Waals surface area contributed by atoms with Gasteiger partial charge in [0.05, 0.1) is 16.8 Å². The van der Waals surface area contributed by atoms with E-state index in [4.69, 9.17) is 19.2 Å². The Hall–Kier alpha value is -5.49. The largest absolute Gasteiger partial charge is 0.494 e. The summed E-state index contributed by atoms with van der Waals surface area (Å²) in [5.41, 5.74) is 5.01. The normalized spacial score (nSPS) is 14.8. The average molecular weight is 818 g/mol. The number of aromatic nitrogens is 2. The van der Waals surface area contributed by atoms with Crippen molar-refractivity contribution in [1.29, 1.82) is 0 Å². The number of fused-ring (bicyclic) bond motifs is 2. The molecule has 5 aromatic rings. The number of aryl methyl sites for hydroxylation is 1. The molecule has 2 aliphatic heterocycles. The Morgan fingerprint density at radius 2 is 1.59 bits per heavy atom. The summed E-state index contributed by atoms with van der Waals surface area (Å²) in [4.78, 5) is 53.5. The van der Waals surface area contributed by atoms with Gasteiger partial charge in [-0.3, -0.25) is 10.1 Å². The quantitative estimate of drug-likeness (QED) is 0.108. The van der Waals surface area contributed by atoms with Gasteiger partial charge < -0.3 is 24.0 Å². The molecule has 4 heterocycles. The molecule has 7 rings (SSSR count). The van der Waals surface area contributed by atoms with E-state index in [0.29, 0.717) is 47.7 Å². The van der Waals surface area contributed by atoms with Crippen LogP contribution in [0.1, 0.15) is 105 Å². The smallest absolute Gasteiger partial charge is 0.410 e. The van der Waals surface area contributed by atoms with Crippen molar-refractivity contribution in [2.24, 2.45) is 5.92 Å². The van der Waals surface area contributed by atoms with Crippen LogP contribution in [0.15, 0.2) is 72.8 Å². The average Bonchev–Trinajstić information content (AvgIpc) is 3.60. The number of amides is 2. The molecule has 1 saturated heterocycles. The second kappa shape index (κ2) is 17.4. The maximum Gasteiger partial charge on any atom is 0.410 e. The third-order valence-corrected chi connectivity index (χ3v) is 11.6. The van der Waals surface area contributed by atoms with Crippen molar-refractivity contribution in [3.8, 4) is 16.9 Å². The summed E-state index contributed by atoms with van der Waals surface area (Å²) in [7, 11) is 0. The number of carbonyl (C=O) groups is 3. The summed E-state index contributed by atoms with van der Waals surface area (Å²) in [6, 6.07) is 23.5. The number of esters is 1. The highest BCUT2D eigenvalue weighted by Gasteiger charge is 2.29. The maximum atomic E-state index is 13.8. The molecule has 2 aliphatic rings. The molecule has 310 valence electrons. The number of ether oxygens (including phenoxy) is 3. The van der Waals surface area contributed by atoms with E-state index in [-0.39, 0.29) is 17.7 Å². The molecule has 0 aliphatic carbocycles. The van der Waals surface area contributed by atoms with Crippen LogP contribution in [0.5, 0.6) is 5.75 Å². The number of hydrogen-bond donors (Lipinski definition) is 1. The van der Waals surface area contributed by atoms with Crippen molar-refractivity contribution >= 4 is 50.5 Å². The summed E-state index contributed by atoms with van der Waals surface area (Å²) in [5, 5.41) is 3.58. The van der Waals surface area contributed by atoms with Crippen LogP contribution < -0.4 is 15.0 Å². The van der Waals surface area contributed by atoms with Gasteiger partial charge in [0.15, 0.2) is 10.8 Å². The Bertz CT molecular complexity index is 2300. The van der Waals surface area contributed by atoms with E-state index in [1.165, 1.54) is 11.3 Å². The molecule has 12 heteroatoms. The Morgan fingerprint density at radius 3 is 2.32 bits per heavy atom. The topological polar surface area (TPSA) is 123 Å². The lowest BCUT2D eigenvalue weighted by molar-refractivity contribution is 0.00627. The van der Waals surface area contributed by atoms with Gasteiger partial charge in [0, 0.05) is 37.3 Å². The molecular formula is C47H55N5O6S. The van der Waals surface area contributed by atoms with Gasteiger partial charge in [0.2, 0.25) is 0 Å². The van der Waals surface area contributed by atoms with Crippen molar-refractivity contribution in [2.75, 3.05) is 36.5 Å². The first-order valence-corrected chi connectivity index (χ1v) is 21.4. The Morgan fingerprint density at radius 1 is 0.847 bits per heavy atom. The summed E-state index contributed by atoms with van der Waals surface area (Å²) < 4.78 is 18.7. The van der Waals surface area contributed by atoms with Crippen LogP contribution in [-0.4, -0.2) is 70.3 Å². The number of hydrogen-bond acceptors (Lipinski definition) is 10. The number of thiazole rings is 1. The Labute approximate surface area is 351 Å². The first kappa shape index (κ1) is 41.7. The minimum atomic E-state index is -0.719. The van der Waals surface area contributed by atoms with E-state index in [2.05, 4.69) is 21.3 Å². The van der Waals surface area contributed by atoms with Crippen LogP contribution in [-0.2, 0) is 22.4 Å². The number of nitrogens with one attached hydrogen (secondary N) is 1. The highest BCUT2D eigenvalue weighted by atomic mass is 32.1. The van der Waals surface area contributed by atoms with Crippen LogP contribution >= 0.6 is 11.3 Å². The second-order valence-corrected chi connectivity index (χ2v) is 18.5. The number of rotatable bonds is 10. The Kier molecular flexibility index (Phi) is 12.3. The number of pyridine rings is 1. The predicted molar refractivity (Wildman–Crippen MR) is 234 cm³/mol. The van der Waals surface area contributed by atoms with Gasteiger partial charge >= 0.3 is 12.1 Å². The zero-order valence-electron chi connectivity index (χ0n) is 35.2. The first-order valence-electron chi connectivity index (χ1n) is 20.6.